The van der Waals surface area contributed by atoms with Crippen LogP contribution in [0.25, 0.3) is 0 Å². The summed E-state index contributed by atoms with van der Waals surface area (Å²) in [5, 5.41) is 4.95. The summed E-state index contributed by atoms with van der Waals surface area (Å²) in [6.07, 6.45) is 4.42. The summed E-state index contributed by atoms with van der Waals surface area (Å²) in [5.74, 6) is 0.804. The maximum Gasteiger partial charge on any atom is 0.264 e. The number of carbonyl (C=O) groups excluding carboxylic acids is 1. The van der Waals surface area contributed by atoms with Crippen molar-refractivity contribution in [3.05, 3.63) is 40.1 Å². The van der Waals surface area contributed by atoms with E-state index in [0.29, 0.717) is 0 Å². The normalized spacial score (nSPS) is 22.2. The fourth-order valence-electron chi connectivity index (χ4n) is 3.63. The van der Waals surface area contributed by atoms with Gasteiger partial charge < -0.3 is 0 Å². The van der Waals surface area contributed by atoms with Gasteiger partial charge in [-0.3, -0.25) is 9.69 Å². The van der Waals surface area contributed by atoms with Crippen molar-refractivity contribution in [1.82, 2.24) is 19.7 Å². The second-order valence-corrected chi connectivity index (χ2v) is 8.57. The molecule has 25 heavy (non-hydrogen) atoms. The zero-order valence-electron chi connectivity index (χ0n) is 14.2. The molecule has 0 bridgehead atoms. The molecule has 1 aromatic heterocycles. The molecular formula is C18H21BrN4OS. The highest BCUT2D eigenvalue weighted by molar-refractivity contribution is 9.10. The van der Waals surface area contributed by atoms with Crippen LogP contribution >= 0.6 is 27.7 Å². The zero-order chi connectivity index (χ0) is 17.4. The van der Waals surface area contributed by atoms with Crippen LogP contribution < -0.4 is 0 Å². The van der Waals surface area contributed by atoms with Gasteiger partial charge in [0, 0.05) is 10.9 Å². The van der Waals surface area contributed by atoms with E-state index in [4.69, 9.17) is 0 Å². The van der Waals surface area contributed by atoms with Gasteiger partial charge in [0.2, 0.25) is 0 Å². The van der Waals surface area contributed by atoms with E-state index in [9.17, 15) is 4.79 Å². The van der Waals surface area contributed by atoms with Gasteiger partial charge in [-0.15, -0.1) is 5.10 Å². The number of aromatic nitrogens is 3. The van der Waals surface area contributed by atoms with Crippen molar-refractivity contribution in [2.75, 3.05) is 13.1 Å². The third-order valence-corrected chi connectivity index (χ3v) is 6.62. The zero-order valence-corrected chi connectivity index (χ0v) is 16.6. The molecule has 1 saturated heterocycles. The van der Waals surface area contributed by atoms with Crippen molar-refractivity contribution in [3.8, 4) is 0 Å². The SMILES string of the molecule is CCc1nc2n(n1)C(=O)C(C(c1ccc(Br)cc1)N1CCCCC1)S2. The minimum Gasteiger partial charge on any atom is -0.295 e. The molecule has 2 unspecified atom stereocenters. The lowest BCUT2D eigenvalue weighted by atomic mass is 9.98. The van der Waals surface area contributed by atoms with E-state index in [-0.39, 0.29) is 17.2 Å². The minimum atomic E-state index is -0.180. The van der Waals surface area contributed by atoms with Gasteiger partial charge >= 0.3 is 0 Å². The van der Waals surface area contributed by atoms with Crippen molar-refractivity contribution in [2.24, 2.45) is 0 Å². The Labute approximate surface area is 160 Å². The van der Waals surface area contributed by atoms with Crippen molar-refractivity contribution >= 4 is 33.6 Å². The van der Waals surface area contributed by atoms with Crippen LogP contribution in [0.15, 0.2) is 33.9 Å². The second-order valence-electron chi connectivity index (χ2n) is 6.55. The lowest BCUT2D eigenvalue weighted by Gasteiger charge is -2.37. The quantitative estimate of drug-likeness (QED) is 0.749. The van der Waals surface area contributed by atoms with Gasteiger partial charge in [0.15, 0.2) is 11.0 Å². The number of benzene rings is 1. The molecule has 0 radical (unpaired) electrons. The molecule has 0 aliphatic carbocycles. The molecule has 7 heteroatoms. The Morgan fingerprint density at radius 3 is 2.60 bits per heavy atom. The number of hydrogen-bond acceptors (Lipinski definition) is 5. The summed E-state index contributed by atoms with van der Waals surface area (Å²) < 4.78 is 2.57. The van der Waals surface area contributed by atoms with Crippen LogP contribution in [0.2, 0.25) is 0 Å². The monoisotopic (exact) mass is 420 g/mol. The van der Waals surface area contributed by atoms with Gasteiger partial charge in [0.05, 0.1) is 6.04 Å². The molecule has 0 spiro atoms. The highest BCUT2D eigenvalue weighted by Crippen LogP contribution is 2.41. The van der Waals surface area contributed by atoms with E-state index >= 15 is 0 Å². The van der Waals surface area contributed by atoms with Crippen LogP contribution in [0.5, 0.6) is 0 Å². The maximum absolute atomic E-state index is 13.1. The van der Waals surface area contributed by atoms with Gasteiger partial charge in [-0.25, -0.2) is 4.98 Å². The first kappa shape index (κ1) is 17.2. The molecule has 132 valence electrons. The van der Waals surface area contributed by atoms with Crippen LogP contribution in [0.3, 0.4) is 0 Å². The van der Waals surface area contributed by atoms with Gasteiger partial charge in [0.1, 0.15) is 5.25 Å². The second kappa shape index (κ2) is 7.21. The summed E-state index contributed by atoms with van der Waals surface area (Å²) in [6, 6.07) is 8.44. The third kappa shape index (κ3) is 3.29. The predicted molar refractivity (Wildman–Crippen MR) is 102 cm³/mol. The lowest BCUT2D eigenvalue weighted by Crippen LogP contribution is -2.41. The van der Waals surface area contributed by atoms with Crippen LogP contribution in [0.4, 0.5) is 0 Å². The third-order valence-electron chi connectivity index (χ3n) is 4.90. The van der Waals surface area contributed by atoms with E-state index in [1.54, 1.807) is 11.8 Å². The van der Waals surface area contributed by atoms with Crippen molar-refractivity contribution in [2.45, 2.75) is 49.1 Å². The van der Waals surface area contributed by atoms with E-state index in [2.05, 4.69) is 55.2 Å². The van der Waals surface area contributed by atoms with E-state index in [1.807, 2.05) is 6.92 Å². The Morgan fingerprint density at radius 1 is 1.24 bits per heavy atom. The van der Waals surface area contributed by atoms with Gasteiger partial charge in [-0.1, -0.05) is 53.2 Å². The van der Waals surface area contributed by atoms with Gasteiger partial charge in [-0.2, -0.15) is 4.68 Å². The first-order valence-corrected chi connectivity index (χ1v) is 10.5. The summed E-state index contributed by atoms with van der Waals surface area (Å²) in [5.41, 5.74) is 1.19. The molecule has 1 aromatic carbocycles. The molecule has 1 fully saturated rings. The average molecular weight is 421 g/mol. The van der Waals surface area contributed by atoms with Gasteiger partial charge in [0.25, 0.3) is 5.91 Å². The maximum atomic E-state index is 13.1. The van der Waals surface area contributed by atoms with Crippen LogP contribution in [-0.2, 0) is 6.42 Å². The molecule has 0 saturated carbocycles. The van der Waals surface area contributed by atoms with Gasteiger partial charge in [-0.05, 0) is 43.6 Å². The number of hydrogen-bond donors (Lipinski definition) is 0. The minimum absolute atomic E-state index is 0.0608. The van der Waals surface area contributed by atoms with E-state index < -0.39 is 0 Å². The summed E-state index contributed by atoms with van der Waals surface area (Å²) in [4.78, 5) is 20.0. The number of likely N-dealkylation sites (tertiary alicyclic amines) is 1. The number of nitrogens with zero attached hydrogens (tertiary/aromatic N) is 4. The Kier molecular flexibility index (Phi) is 4.97. The van der Waals surface area contributed by atoms with Crippen molar-refractivity contribution in [3.63, 3.8) is 0 Å². The standard InChI is InChI=1S/C18H21BrN4OS/c1-2-14-20-18-23(21-14)17(24)16(25-18)15(22-10-4-3-5-11-22)12-6-8-13(19)9-7-12/h6-9,15-16H,2-5,10-11H2,1H3. The average Bonchev–Trinajstić information content (AvgIpc) is 3.18. The molecule has 2 aliphatic heterocycles. The molecule has 2 atom stereocenters. The first-order chi connectivity index (χ1) is 12.2. The van der Waals surface area contributed by atoms with Crippen molar-refractivity contribution in [1.29, 1.82) is 0 Å². The Balaban J connectivity index is 1.67. The topological polar surface area (TPSA) is 51.0 Å². The fourth-order valence-corrected chi connectivity index (χ4v) is 5.16. The smallest absolute Gasteiger partial charge is 0.264 e. The molecule has 0 N–H and O–H groups in total. The first-order valence-electron chi connectivity index (χ1n) is 8.83. The Morgan fingerprint density at radius 2 is 1.96 bits per heavy atom. The Hall–Kier alpha value is -1.18. The van der Waals surface area contributed by atoms with E-state index in [1.165, 1.54) is 29.5 Å². The van der Waals surface area contributed by atoms with Crippen LogP contribution in [0, 0.1) is 0 Å². The summed E-state index contributed by atoms with van der Waals surface area (Å²) in [7, 11) is 0. The predicted octanol–water partition coefficient (Wildman–Crippen LogP) is 3.94. The summed E-state index contributed by atoms with van der Waals surface area (Å²) in [6.45, 7) is 4.10. The number of piperidine rings is 1. The molecule has 2 aromatic rings. The summed E-state index contributed by atoms with van der Waals surface area (Å²) >= 11 is 5.08. The highest BCUT2D eigenvalue weighted by Gasteiger charge is 2.43. The molecule has 0 amide bonds. The van der Waals surface area contributed by atoms with Crippen LogP contribution in [0.1, 0.15) is 48.4 Å². The number of thioether (sulfide) groups is 1. The number of halogens is 1. The molecule has 5 nitrogen and oxygen atoms in total. The molecule has 3 heterocycles. The molecule has 4 rings (SSSR count). The fraction of sp³-hybridized carbons (Fsp3) is 0.500. The lowest BCUT2D eigenvalue weighted by molar-refractivity contribution is 0.0818. The Bertz CT molecular complexity index is 770. The number of aryl methyl sites for hydroxylation is 1. The number of fused-ring (bicyclic) bond motifs is 1. The molecular weight excluding hydrogens is 400 g/mol. The number of carbonyl (C=O) groups is 1. The van der Waals surface area contributed by atoms with Crippen molar-refractivity contribution < 1.29 is 4.79 Å². The largest absolute Gasteiger partial charge is 0.295 e. The van der Waals surface area contributed by atoms with Crippen LogP contribution in [-0.4, -0.2) is 43.9 Å². The highest BCUT2D eigenvalue weighted by atomic mass is 79.9. The molecule has 2 aliphatic rings. The number of rotatable bonds is 4. The van der Waals surface area contributed by atoms with E-state index in [0.717, 1.165) is 35.0 Å².